The Bertz CT molecular complexity index is 851. The van der Waals surface area contributed by atoms with Crippen LogP contribution in [0, 0.1) is 6.92 Å². The lowest BCUT2D eigenvalue weighted by Gasteiger charge is -2.23. The molecule has 7 heteroatoms. The Labute approximate surface area is 165 Å². The SMILES string of the molecule is COc1ccc(OC)c(N(CCC(=O)Nc2cc(C)ccc2OC)C(C)=O)c1. The molecule has 2 rings (SSSR count). The Morgan fingerprint density at radius 3 is 2.25 bits per heavy atom. The fourth-order valence-corrected chi connectivity index (χ4v) is 2.80. The number of hydrogen-bond acceptors (Lipinski definition) is 5. The molecular weight excluding hydrogens is 360 g/mol. The van der Waals surface area contributed by atoms with E-state index in [2.05, 4.69) is 5.32 Å². The van der Waals surface area contributed by atoms with E-state index in [4.69, 9.17) is 14.2 Å². The second-order valence-electron chi connectivity index (χ2n) is 6.21. The van der Waals surface area contributed by atoms with Gasteiger partial charge in [-0.3, -0.25) is 9.59 Å². The number of ether oxygens (including phenoxy) is 3. The van der Waals surface area contributed by atoms with Gasteiger partial charge in [-0.15, -0.1) is 0 Å². The van der Waals surface area contributed by atoms with Crippen LogP contribution in [0.1, 0.15) is 18.9 Å². The summed E-state index contributed by atoms with van der Waals surface area (Å²) in [6.07, 6.45) is 0.108. The van der Waals surface area contributed by atoms with Crippen LogP contribution in [-0.2, 0) is 9.59 Å². The van der Waals surface area contributed by atoms with Crippen LogP contribution < -0.4 is 24.4 Å². The van der Waals surface area contributed by atoms with Crippen LogP contribution in [0.15, 0.2) is 36.4 Å². The molecule has 2 amide bonds. The number of benzene rings is 2. The van der Waals surface area contributed by atoms with Gasteiger partial charge in [-0.1, -0.05) is 6.07 Å². The number of nitrogens with zero attached hydrogens (tertiary/aromatic N) is 1. The highest BCUT2D eigenvalue weighted by Gasteiger charge is 2.19. The number of nitrogens with one attached hydrogen (secondary N) is 1. The number of carbonyl (C=O) groups excluding carboxylic acids is 2. The molecule has 0 aliphatic rings. The van der Waals surface area contributed by atoms with Gasteiger partial charge < -0.3 is 24.4 Å². The van der Waals surface area contributed by atoms with Gasteiger partial charge in [-0.25, -0.2) is 0 Å². The average molecular weight is 386 g/mol. The third-order valence-corrected chi connectivity index (χ3v) is 4.25. The molecule has 150 valence electrons. The summed E-state index contributed by atoms with van der Waals surface area (Å²) in [6.45, 7) is 3.57. The predicted octanol–water partition coefficient (Wildman–Crippen LogP) is 3.40. The van der Waals surface area contributed by atoms with E-state index < -0.39 is 0 Å². The van der Waals surface area contributed by atoms with E-state index in [0.29, 0.717) is 28.6 Å². The third kappa shape index (κ3) is 5.16. The molecular formula is C21H26N2O5. The summed E-state index contributed by atoms with van der Waals surface area (Å²) in [5.41, 5.74) is 2.15. The van der Waals surface area contributed by atoms with Gasteiger partial charge in [0.2, 0.25) is 11.8 Å². The summed E-state index contributed by atoms with van der Waals surface area (Å²) >= 11 is 0. The number of aryl methyl sites for hydroxylation is 1. The molecule has 0 bridgehead atoms. The van der Waals surface area contributed by atoms with Crippen molar-refractivity contribution in [3.63, 3.8) is 0 Å². The maximum Gasteiger partial charge on any atom is 0.226 e. The Morgan fingerprint density at radius 2 is 1.64 bits per heavy atom. The predicted molar refractivity (Wildman–Crippen MR) is 109 cm³/mol. The minimum Gasteiger partial charge on any atom is -0.497 e. The van der Waals surface area contributed by atoms with Crippen LogP contribution >= 0.6 is 0 Å². The minimum atomic E-state index is -0.225. The molecule has 0 aromatic heterocycles. The van der Waals surface area contributed by atoms with Crippen molar-refractivity contribution >= 4 is 23.2 Å². The van der Waals surface area contributed by atoms with Crippen LogP contribution in [0.5, 0.6) is 17.2 Å². The highest BCUT2D eigenvalue weighted by Crippen LogP contribution is 2.32. The summed E-state index contributed by atoms with van der Waals surface area (Å²) in [7, 11) is 4.62. The second-order valence-corrected chi connectivity index (χ2v) is 6.21. The Kier molecular flexibility index (Phi) is 7.26. The van der Waals surface area contributed by atoms with Gasteiger partial charge in [0.1, 0.15) is 17.2 Å². The zero-order valence-corrected chi connectivity index (χ0v) is 16.9. The first-order valence-electron chi connectivity index (χ1n) is 8.84. The van der Waals surface area contributed by atoms with Crippen molar-refractivity contribution in [2.24, 2.45) is 0 Å². The van der Waals surface area contributed by atoms with Crippen molar-refractivity contribution in [3.05, 3.63) is 42.0 Å². The van der Waals surface area contributed by atoms with Crippen molar-refractivity contribution < 1.29 is 23.8 Å². The largest absolute Gasteiger partial charge is 0.497 e. The van der Waals surface area contributed by atoms with E-state index >= 15 is 0 Å². The molecule has 0 heterocycles. The van der Waals surface area contributed by atoms with Crippen LogP contribution in [0.2, 0.25) is 0 Å². The molecule has 1 N–H and O–H groups in total. The number of hydrogen-bond donors (Lipinski definition) is 1. The summed E-state index contributed by atoms with van der Waals surface area (Å²) in [5, 5.41) is 2.84. The zero-order valence-electron chi connectivity index (χ0n) is 16.9. The summed E-state index contributed by atoms with van der Waals surface area (Å²) < 4.78 is 15.9. The molecule has 2 aromatic carbocycles. The monoisotopic (exact) mass is 386 g/mol. The lowest BCUT2D eigenvalue weighted by molar-refractivity contribution is -0.117. The van der Waals surface area contributed by atoms with Crippen LogP contribution in [0.4, 0.5) is 11.4 Å². The standard InChI is InChI=1S/C21H26N2O5/c1-14-6-8-19(27-4)17(12-14)22-21(25)10-11-23(15(2)24)18-13-16(26-3)7-9-20(18)28-5/h6-9,12-13H,10-11H2,1-5H3,(H,22,25). The Morgan fingerprint density at radius 1 is 0.964 bits per heavy atom. The maximum atomic E-state index is 12.5. The van der Waals surface area contributed by atoms with Crippen molar-refractivity contribution in [1.82, 2.24) is 0 Å². The second kappa shape index (κ2) is 9.64. The van der Waals surface area contributed by atoms with Gasteiger partial charge in [0, 0.05) is 26.0 Å². The minimum absolute atomic E-state index is 0.108. The normalized spacial score (nSPS) is 10.2. The molecule has 28 heavy (non-hydrogen) atoms. The topological polar surface area (TPSA) is 77.1 Å². The zero-order chi connectivity index (χ0) is 20.7. The number of rotatable bonds is 8. The highest BCUT2D eigenvalue weighted by molar-refractivity contribution is 5.96. The van der Waals surface area contributed by atoms with Crippen molar-refractivity contribution in [3.8, 4) is 17.2 Å². The fourth-order valence-electron chi connectivity index (χ4n) is 2.80. The lowest BCUT2D eigenvalue weighted by Crippen LogP contribution is -2.32. The lowest BCUT2D eigenvalue weighted by atomic mass is 10.2. The van der Waals surface area contributed by atoms with Gasteiger partial charge in [-0.05, 0) is 36.8 Å². The van der Waals surface area contributed by atoms with Crippen LogP contribution in [0.3, 0.4) is 0 Å². The van der Waals surface area contributed by atoms with E-state index in [0.717, 1.165) is 5.56 Å². The van der Waals surface area contributed by atoms with E-state index in [1.807, 2.05) is 19.1 Å². The van der Waals surface area contributed by atoms with Gasteiger partial charge >= 0.3 is 0 Å². The summed E-state index contributed by atoms with van der Waals surface area (Å²) in [4.78, 5) is 26.2. The van der Waals surface area contributed by atoms with E-state index in [-0.39, 0.29) is 24.8 Å². The average Bonchev–Trinajstić information content (AvgIpc) is 2.67. The van der Waals surface area contributed by atoms with Gasteiger partial charge in [0.25, 0.3) is 0 Å². The van der Waals surface area contributed by atoms with E-state index in [1.54, 1.807) is 38.5 Å². The highest BCUT2D eigenvalue weighted by atomic mass is 16.5. The van der Waals surface area contributed by atoms with E-state index in [9.17, 15) is 9.59 Å². The third-order valence-electron chi connectivity index (χ3n) is 4.25. The molecule has 0 spiro atoms. The first kappa shape index (κ1) is 21.1. The number of amides is 2. The molecule has 0 aliphatic heterocycles. The summed E-state index contributed by atoms with van der Waals surface area (Å²) in [6, 6.07) is 10.7. The molecule has 0 saturated carbocycles. The molecule has 0 fully saturated rings. The Balaban J connectivity index is 2.15. The molecule has 2 aromatic rings. The van der Waals surface area contributed by atoms with E-state index in [1.165, 1.54) is 18.9 Å². The molecule has 0 aliphatic carbocycles. The quantitative estimate of drug-likeness (QED) is 0.752. The van der Waals surface area contributed by atoms with Crippen LogP contribution in [0.25, 0.3) is 0 Å². The molecule has 0 saturated heterocycles. The smallest absolute Gasteiger partial charge is 0.226 e. The fraction of sp³-hybridized carbons (Fsp3) is 0.333. The Hall–Kier alpha value is -3.22. The number of carbonyl (C=O) groups is 2. The number of anilines is 2. The summed E-state index contributed by atoms with van der Waals surface area (Å²) in [5.74, 6) is 1.27. The van der Waals surface area contributed by atoms with Gasteiger partial charge in [0.05, 0.1) is 32.7 Å². The van der Waals surface area contributed by atoms with Crippen molar-refractivity contribution in [1.29, 1.82) is 0 Å². The van der Waals surface area contributed by atoms with Crippen molar-refractivity contribution in [2.45, 2.75) is 20.3 Å². The molecule has 0 atom stereocenters. The van der Waals surface area contributed by atoms with Gasteiger partial charge in [0.15, 0.2) is 0 Å². The van der Waals surface area contributed by atoms with Crippen molar-refractivity contribution in [2.75, 3.05) is 38.1 Å². The first-order valence-corrected chi connectivity index (χ1v) is 8.84. The van der Waals surface area contributed by atoms with Gasteiger partial charge in [-0.2, -0.15) is 0 Å². The molecule has 7 nitrogen and oxygen atoms in total. The maximum absolute atomic E-state index is 12.5. The number of methoxy groups -OCH3 is 3. The molecule has 0 radical (unpaired) electrons. The first-order chi connectivity index (χ1) is 13.4. The molecule has 0 unspecified atom stereocenters. The van der Waals surface area contributed by atoms with Crippen LogP contribution in [-0.4, -0.2) is 39.7 Å².